The molecule has 2 aromatic heterocycles. The molecule has 3 rings (SSSR count). The fraction of sp³-hybridized carbons (Fsp3) is 0.353. The van der Waals surface area contributed by atoms with E-state index in [-0.39, 0.29) is 18.5 Å². The van der Waals surface area contributed by atoms with Crippen LogP contribution in [-0.4, -0.2) is 25.7 Å². The van der Waals surface area contributed by atoms with E-state index in [0.717, 1.165) is 34.7 Å². The third-order valence-corrected chi connectivity index (χ3v) is 4.61. The van der Waals surface area contributed by atoms with Crippen LogP contribution in [0.4, 0.5) is 0 Å². The van der Waals surface area contributed by atoms with Gasteiger partial charge in [-0.1, -0.05) is 30.7 Å². The van der Waals surface area contributed by atoms with Crippen LogP contribution < -0.4 is 5.32 Å². The van der Waals surface area contributed by atoms with Gasteiger partial charge in [-0.2, -0.15) is 5.10 Å². The molecule has 0 aliphatic heterocycles. The molecule has 3 aromatic rings. The van der Waals surface area contributed by atoms with Crippen LogP contribution in [0.1, 0.15) is 36.6 Å². The zero-order chi connectivity index (χ0) is 17.3. The average molecular weight is 346 g/mol. The highest BCUT2D eigenvalue weighted by Gasteiger charge is 2.18. The van der Waals surface area contributed by atoms with Crippen molar-refractivity contribution in [2.45, 2.75) is 39.8 Å². The number of para-hydroxylation sites is 2. The lowest BCUT2D eigenvalue weighted by atomic mass is 10.2. The number of nitrogens with zero attached hydrogens (tertiary/aromatic N) is 3. The Morgan fingerprint density at radius 1 is 1.38 bits per heavy atom. The number of aromatic nitrogens is 4. The van der Waals surface area contributed by atoms with Gasteiger partial charge in [0, 0.05) is 0 Å². The molecular weight excluding hydrogens is 326 g/mol. The Hall–Kier alpha value is -2.34. The third kappa shape index (κ3) is 3.14. The summed E-state index contributed by atoms with van der Waals surface area (Å²) in [5.74, 6) is 0.642. The molecule has 0 aliphatic rings. The molecule has 6 nitrogen and oxygen atoms in total. The van der Waals surface area contributed by atoms with Crippen molar-refractivity contribution in [3.05, 3.63) is 46.5 Å². The van der Waals surface area contributed by atoms with Crippen LogP contribution in [0.3, 0.4) is 0 Å². The molecule has 0 spiro atoms. The first-order valence-electron chi connectivity index (χ1n) is 7.93. The van der Waals surface area contributed by atoms with Crippen molar-refractivity contribution < 1.29 is 4.79 Å². The van der Waals surface area contributed by atoms with E-state index in [0.29, 0.717) is 5.02 Å². The number of benzene rings is 1. The van der Waals surface area contributed by atoms with Crippen molar-refractivity contribution in [3.8, 4) is 0 Å². The number of aryl methyl sites for hydroxylation is 1. The number of rotatable bonds is 5. The Labute approximate surface area is 145 Å². The number of carbonyl (C=O) groups is 1. The zero-order valence-corrected chi connectivity index (χ0v) is 14.7. The number of fused-ring (bicyclic) bond motifs is 1. The van der Waals surface area contributed by atoms with Crippen molar-refractivity contribution in [2.75, 3.05) is 0 Å². The number of hydrogen-bond donors (Lipinski definition) is 2. The van der Waals surface area contributed by atoms with Crippen LogP contribution in [-0.2, 0) is 11.3 Å². The van der Waals surface area contributed by atoms with E-state index >= 15 is 0 Å². The topological polar surface area (TPSA) is 75.6 Å². The fourth-order valence-corrected chi connectivity index (χ4v) is 2.84. The van der Waals surface area contributed by atoms with Gasteiger partial charge >= 0.3 is 0 Å². The number of halogens is 1. The first-order chi connectivity index (χ1) is 11.5. The van der Waals surface area contributed by atoms with Gasteiger partial charge in [0.2, 0.25) is 5.91 Å². The predicted octanol–water partition coefficient (Wildman–Crippen LogP) is 3.30. The molecule has 0 aliphatic carbocycles. The Morgan fingerprint density at radius 3 is 2.75 bits per heavy atom. The second kappa shape index (κ2) is 6.65. The second-order valence-corrected chi connectivity index (χ2v) is 6.19. The molecule has 7 heteroatoms. The van der Waals surface area contributed by atoms with E-state index in [1.807, 2.05) is 45.0 Å². The van der Waals surface area contributed by atoms with Gasteiger partial charge in [0.05, 0.1) is 33.5 Å². The summed E-state index contributed by atoms with van der Waals surface area (Å²) in [6.07, 6.45) is 0.740. The zero-order valence-electron chi connectivity index (χ0n) is 13.9. The summed E-state index contributed by atoms with van der Waals surface area (Å²) in [7, 11) is 0. The van der Waals surface area contributed by atoms with Crippen LogP contribution in [0.2, 0.25) is 5.02 Å². The molecule has 2 N–H and O–H groups in total. The summed E-state index contributed by atoms with van der Waals surface area (Å²) in [6.45, 7) is 5.83. The largest absolute Gasteiger partial charge is 0.345 e. The monoisotopic (exact) mass is 345 g/mol. The maximum Gasteiger partial charge on any atom is 0.242 e. The first-order valence-corrected chi connectivity index (χ1v) is 8.31. The van der Waals surface area contributed by atoms with Crippen LogP contribution in [0, 0.1) is 13.8 Å². The fourth-order valence-electron chi connectivity index (χ4n) is 2.71. The smallest absolute Gasteiger partial charge is 0.242 e. The van der Waals surface area contributed by atoms with Gasteiger partial charge in [-0.25, -0.2) is 4.98 Å². The quantitative estimate of drug-likeness (QED) is 0.745. The van der Waals surface area contributed by atoms with Gasteiger partial charge in [-0.05, 0) is 32.4 Å². The molecule has 126 valence electrons. The number of H-pyrrole nitrogens is 1. The van der Waals surface area contributed by atoms with Crippen LogP contribution in [0.5, 0.6) is 0 Å². The average Bonchev–Trinajstić information content (AvgIpc) is 3.10. The van der Waals surface area contributed by atoms with Crippen molar-refractivity contribution in [2.24, 2.45) is 0 Å². The SMILES string of the molecule is CC[C@@H](NC(=O)Cn1nc(C)c(Cl)c1C)c1nc2ccccc2[nH]1. The molecule has 1 atom stereocenters. The molecule has 0 radical (unpaired) electrons. The number of carbonyl (C=O) groups excluding carboxylic acids is 1. The Kier molecular flexibility index (Phi) is 4.57. The number of aromatic amines is 1. The van der Waals surface area contributed by atoms with Gasteiger partial charge in [0.15, 0.2) is 0 Å². The molecule has 1 aromatic carbocycles. The minimum Gasteiger partial charge on any atom is -0.345 e. The summed E-state index contributed by atoms with van der Waals surface area (Å²) in [5.41, 5.74) is 3.38. The minimum absolute atomic E-state index is 0.121. The standard InChI is InChI=1S/C17H20ClN5O/c1-4-12(17-20-13-7-5-6-8-14(13)21-17)19-15(24)9-23-11(3)16(18)10(2)22-23/h5-8,12H,4,9H2,1-3H3,(H,19,24)(H,20,21)/t12-/m1/s1. The van der Waals surface area contributed by atoms with E-state index in [9.17, 15) is 4.79 Å². The number of amides is 1. The third-order valence-electron chi connectivity index (χ3n) is 4.07. The lowest BCUT2D eigenvalue weighted by molar-refractivity contribution is -0.122. The predicted molar refractivity (Wildman–Crippen MR) is 94.0 cm³/mol. The maximum atomic E-state index is 12.4. The normalized spacial score (nSPS) is 12.5. The first kappa shape index (κ1) is 16.5. The van der Waals surface area contributed by atoms with Crippen molar-refractivity contribution in [1.82, 2.24) is 25.1 Å². The van der Waals surface area contributed by atoms with Crippen LogP contribution >= 0.6 is 11.6 Å². The number of nitrogens with one attached hydrogen (secondary N) is 2. The van der Waals surface area contributed by atoms with Crippen LogP contribution in [0.15, 0.2) is 24.3 Å². The number of hydrogen-bond acceptors (Lipinski definition) is 3. The molecule has 0 saturated carbocycles. The van der Waals surface area contributed by atoms with Gasteiger partial charge < -0.3 is 10.3 Å². The Bertz CT molecular complexity index is 849. The molecular formula is C17H20ClN5O. The maximum absolute atomic E-state index is 12.4. The summed E-state index contributed by atoms with van der Waals surface area (Å²) in [6, 6.07) is 7.65. The van der Waals surface area contributed by atoms with Gasteiger partial charge in [0.25, 0.3) is 0 Å². The second-order valence-electron chi connectivity index (χ2n) is 5.81. The van der Waals surface area contributed by atoms with E-state index in [1.165, 1.54) is 0 Å². The molecule has 0 bridgehead atoms. The molecule has 2 heterocycles. The summed E-state index contributed by atoms with van der Waals surface area (Å²) >= 11 is 6.13. The Balaban J connectivity index is 1.74. The van der Waals surface area contributed by atoms with Gasteiger partial charge in [0.1, 0.15) is 12.4 Å². The summed E-state index contributed by atoms with van der Waals surface area (Å²) < 4.78 is 1.62. The molecule has 24 heavy (non-hydrogen) atoms. The molecule has 0 fully saturated rings. The van der Waals surface area contributed by atoms with Crippen molar-refractivity contribution >= 4 is 28.5 Å². The lowest BCUT2D eigenvalue weighted by Crippen LogP contribution is -2.32. The van der Waals surface area contributed by atoms with E-state index in [1.54, 1.807) is 4.68 Å². The Morgan fingerprint density at radius 2 is 2.12 bits per heavy atom. The van der Waals surface area contributed by atoms with Crippen LogP contribution in [0.25, 0.3) is 11.0 Å². The summed E-state index contributed by atoms with van der Waals surface area (Å²) in [4.78, 5) is 20.2. The molecule has 1 amide bonds. The van der Waals surface area contributed by atoms with Gasteiger partial charge in [-0.15, -0.1) is 0 Å². The van der Waals surface area contributed by atoms with Gasteiger partial charge in [-0.3, -0.25) is 9.48 Å². The van der Waals surface area contributed by atoms with E-state index in [4.69, 9.17) is 11.6 Å². The minimum atomic E-state index is -0.169. The summed E-state index contributed by atoms with van der Waals surface area (Å²) in [5, 5.41) is 7.91. The highest BCUT2D eigenvalue weighted by Crippen LogP contribution is 2.20. The van der Waals surface area contributed by atoms with E-state index < -0.39 is 0 Å². The van der Waals surface area contributed by atoms with Crippen molar-refractivity contribution in [3.63, 3.8) is 0 Å². The van der Waals surface area contributed by atoms with Crippen molar-refractivity contribution in [1.29, 1.82) is 0 Å². The lowest BCUT2D eigenvalue weighted by Gasteiger charge is -2.15. The highest BCUT2D eigenvalue weighted by atomic mass is 35.5. The number of imidazole rings is 1. The molecule has 0 saturated heterocycles. The molecule has 0 unspecified atom stereocenters. The van der Waals surface area contributed by atoms with E-state index in [2.05, 4.69) is 20.4 Å². The highest BCUT2D eigenvalue weighted by molar-refractivity contribution is 6.31.